The predicted molar refractivity (Wildman–Crippen MR) is 55.5 cm³/mol. The van der Waals surface area contributed by atoms with E-state index in [2.05, 4.69) is 5.32 Å². The van der Waals surface area contributed by atoms with Gasteiger partial charge in [-0.3, -0.25) is 5.32 Å². The summed E-state index contributed by atoms with van der Waals surface area (Å²) in [5.41, 5.74) is 5.80. The van der Waals surface area contributed by atoms with Crippen molar-refractivity contribution in [2.75, 3.05) is 18.5 Å². The predicted octanol–water partition coefficient (Wildman–Crippen LogP) is 1.85. The molecule has 4 nitrogen and oxygen atoms in total. The van der Waals surface area contributed by atoms with E-state index in [0.717, 1.165) is 0 Å². The molecule has 1 rings (SSSR count). The van der Waals surface area contributed by atoms with Crippen molar-refractivity contribution in [3.8, 4) is 0 Å². The second-order valence-corrected chi connectivity index (χ2v) is 2.99. The summed E-state index contributed by atoms with van der Waals surface area (Å²) in [5.74, 6) is 0. The first-order valence-electron chi connectivity index (χ1n) is 4.12. The Kier molecular flexibility index (Phi) is 4.22. The van der Waals surface area contributed by atoms with Crippen molar-refractivity contribution in [3.63, 3.8) is 0 Å². The minimum absolute atomic E-state index is 0.208. The highest BCUT2D eigenvalue weighted by Gasteiger charge is 2.01. The maximum Gasteiger partial charge on any atom is 0.411 e. The molecule has 0 spiro atoms. The monoisotopic (exact) mass is 214 g/mol. The summed E-state index contributed by atoms with van der Waals surface area (Å²) < 4.78 is 4.72. The molecule has 0 radical (unpaired) electrons. The van der Waals surface area contributed by atoms with E-state index in [1.54, 1.807) is 24.3 Å². The summed E-state index contributed by atoms with van der Waals surface area (Å²) in [6.45, 7) is 0.521. The van der Waals surface area contributed by atoms with Gasteiger partial charge in [0.25, 0.3) is 0 Å². The molecule has 0 aliphatic carbocycles. The van der Waals surface area contributed by atoms with Gasteiger partial charge in [0.2, 0.25) is 0 Å². The Morgan fingerprint density at radius 1 is 1.43 bits per heavy atom. The number of anilines is 1. The molecule has 0 bridgehead atoms. The molecule has 0 fully saturated rings. The molecule has 1 aromatic rings. The highest BCUT2D eigenvalue weighted by Crippen LogP contribution is 2.13. The van der Waals surface area contributed by atoms with Crippen LogP contribution >= 0.6 is 11.6 Å². The number of hydrogen-bond acceptors (Lipinski definition) is 3. The molecule has 0 aromatic heterocycles. The lowest BCUT2D eigenvalue weighted by Crippen LogP contribution is -2.18. The fourth-order valence-electron chi connectivity index (χ4n) is 0.839. The van der Waals surface area contributed by atoms with Crippen LogP contribution in [0.4, 0.5) is 10.5 Å². The van der Waals surface area contributed by atoms with Gasteiger partial charge in [0.15, 0.2) is 0 Å². The first-order valence-corrected chi connectivity index (χ1v) is 4.49. The number of benzene rings is 1. The number of nitrogens with one attached hydrogen (secondary N) is 1. The molecule has 14 heavy (non-hydrogen) atoms. The van der Waals surface area contributed by atoms with Gasteiger partial charge in [0.05, 0.1) is 0 Å². The lowest BCUT2D eigenvalue weighted by Gasteiger charge is -2.05. The number of halogens is 1. The molecule has 76 valence electrons. The van der Waals surface area contributed by atoms with E-state index in [0.29, 0.717) is 17.3 Å². The van der Waals surface area contributed by atoms with Crippen LogP contribution in [0.3, 0.4) is 0 Å². The van der Waals surface area contributed by atoms with Gasteiger partial charge >= 0.3 is 6.09 Å². The summed E-state index contributed by atoms with van der Waals surface area (Å²) in [5, 5.41) is 3.15. The summed E-state index contributed by atoms with van der Waals surface area (Å²) in [6.07, 6.45) is -0.516. The molecule has 1 aromatic carbocycles. The van der Waals surface area contributed by atoms with Crippen LogP contribution in [-0.4, -0.2) is 19.2 Å². The molecule has 0 atom stereocenters. The highest BCUT2D eigenvalue weighted by atomic mass is 35.5. The SMILES string of the molecule is NCCOC(=O)Nc1ccc(Cl)cc1. The lowest BCUT2D eigenvalue weighted by molar-refractivity contribution is 0.165. The normalized spacial score (nSPS) is 9.57. The van der Waals surface area contributed by atoms with Gasteiger partial charge in [-0.1, -0.05) is 11.6 Å². The smallest absolute Gasteiger partial charge is 0.411 e. The zero-order valence-electron chi connectivity index (χ0n) is 7.50. The lowest BCUT2D eigenvalue weighted by atomic mass is 10.3. The number of carbonyl (C=O) groups is 1. The van der Waals surface area contributed by atoms with E-state index < -0.39 is 6.09 Å². The zero-order chi connectivity index (χ0) is 10.4. The first kappa shape index (κ1) is 10.8. The van der Waals surface area contributed by atoms with Crippen LogP contribution in [0.15, 0.2) is 24.3 Å². The van der Waals surface area contributed by atoms with Crippen molar-refractivity contribution in [1.29, 1.82) is 0 Å². The van der Waals surface area contributed by atoms with Gasteiger partial charge in [0, 0.05) is 17.3 Å². The Bertz CT molecular complexity index is 300. The Morgan fingerprint density at radius 2 is 2.07 bits per heavy atom. The second-order valence-electron chi connectivity index (χ2n) is 2.56. The molecule has 0 saturated heterocycles. The Morgan fingerprint density at radius 3 is 2.64 bits per heavy atom. The van der Waals surface area contributed by atoms with Gasteiger partial charge in [-0.05, 0) is 24.3 Å². The number of ether oxygens (including phenoxy) is 1. The van der Waals surface area contributed by atoms with Crippen molar-refractivity contribution in [2.45, 2.75) is 0 Å². The maximum absolute atomic E-state index is 11.0. The maximum atomic E-state index is 11.0. The number of hydrogen-bond donors (Lipinski definition) is 2. The van der Waals surface area contributed by atoms with Crippen LogP contribution in [0.1, 0.15) is 0 Å². The average Bonchev–Trinajstić information content (AvgIpc) is 2.18. The molecular weight excluding hydrogens is 204 g/mol. The van der Waals surface area contributed by atoms with E-state index in [-0.39, 0.29) is 6.61 Å². The molecular formula is C9H11ClN2O2. The van der Waals surface area contributed by atoms with Crippen LogP contribution in [-0.2, 0) is 4.74 Å². The van der Waals surface area contributed by atoms with Gasteiger partial charge in [-0.2, -0.15) is 0 Å². The molecule has 0 heterocycles. The van der Waals surface area contributed by atoms with Gasteiger partial charge in [-0.15, -0.1) is 0 Å². The zero-order valence-corrected chi connectivity index (χ0v) is 8.25. The summed E-state index contributed by atoms with van der Waals surface area (Å²) in [4.78, 5) is 11.0. The summed E-state index contributed by atoms with van der Waals surface area (Å²) in [7, 11) is 0. The highest BCUT2D eigenvalue weighted by molar-refractivity contribution is 6.30. The standard InChI is InChI=1S/C9H11ClN2O2/c10-7-1-3-8(4-2-7)12-9(13)14-6-5-11/h1-4H,5-6,11H2,(H,12,13). The molecule has 0 saturated carbocycles. The third kappa shape index (κ3) is 3.64. The van der Waals surface area contributed by atoms with E-state index in [1.807, 2.05) is 0 Å². The van der Waals surface area contributed by atoms with Crippen LogP contribution in [0.2, 0.25) is 5.02 Å². The van der Waals surface area contributed by atoms with Crippen molar-refractivity contribution >= 4 is 23.4 Å². The Hall–Kier alpha value is -1.26. The van der Waals surface area contributed by atoms with Crippen molar-refractivity contribution in [3.05, 3.63) is 29.3 Å². The van der Waals surface area contributed by atoms with Gasteiger partial charge < -0.3 is 10.5 Å². The van der Waals surface area contributed by atoms with Crippen LogP contribution in [0.25, 0.3) is 0 Å². The number of rotatable bonds is 3. The third-order valence-corrected chi connectivity index (χ3v) is 1.69. The minimum atomic E-state index is -0.516. The van der Waals surface area contributed by atoms with Crippen molar-refractivity contribution in [1.82, 2.24) is 0 Å². The van der Waals surface area contributed by atoms with Gasteiger partial charge in [-0.25, -0.2) is 4.79 Å². The topological polar surface area (TPSA) is 64.3 Å². The minimum Gasteiger partial charge on any atom is -0.448 e. The summed E-state index contributed by atoms with van der Waals surface area (Å²) in [6, 6.07) is 6.73. The molecule has 3 N–H and O–H groups in total. The summed E-state index contributed by atoms with van der Waals surface area (Å²) >= 11 is 5.67. The number of amides is 1. The van der Waals surface area contributed by atoms with Crippen molar-refractivity contribution in [2.24, 2.45) is 5.73 Å². The van der Waals surface area contributed by atoms with E-state index in [9.17, 15) is 4.79 Å². The second kappa shape index (κ2) is 5.47. The fourth-order valence-corrected chi connectivity index (χ4v) is 0.965. The molecule has 0 aliphatic rings. The quantitative estimate of drug-likeness (QED) is 0.807. The number of carbonyl (C=O) groups excluding carboxylic acids is 1. The fraction of sp³-hybridized carbons (Fsp3) is 0.222. The van der Waals surface area contributed by atoms with E-state index in [1.165, 1.54) is 0 Å². The van der Waals surface area contributed by atoms with Gasteiger partial charge in [0.1, 0.15) is 6.61 Å². The number of nitrogens with two attached hydrogens (primary N) is 1. The van der Waals surface area contributed by atoms with E-state index >= 15 is 0 Å². The molecule has 5 heteroatoms. The molecule has 1 amide bonds. The van der Waals surface area contributed by atoms with Crippen molar-refractivity contribution < 1.29 is 9.53 Å². The Labute approximate surface area is 87.0 Å². The average molecular weight is 215 g/mol. The largest absolute Gasteiger partial charge is 0.448 e. The Balaban J connectivity index is 2.44. The third-order valence-electron chi connectivity index (χ3n) is 1.44. The van der Waals surface area contributed by atoms with Crippen LogP contribution in [0.5, 0.6) is 0 Å². The van der Waals surface area contributed by atoms with Crippen LogP contribution in [0, 0.1) is 0 Å². The van der Waals surface area contributed by atoms with Crippen LogP contribution < -0.4 is 11.1 Å². The van der Waals surface area contributed by atoms with E-state index in [4.69, 9.17) is 22.1 Å². The first-order chi connectivity index (χ1) is 6.72. The molecule has 0 aliphatic heterocycles. The molecule has 0 unspecified atom stereocenters.